The highest BCUT2D eigenvalue weighted by atomic mass is 16.2. The fourth-order valence-corrected chi connectivity index (χ4v) is 2.56. The second-order valence-corrected chi connectivity index (χ2v) is 6.14. The number of carbonyl (C=O) groups excluding carboxylic acids is 1. The summed E-state index contributed by atoms with van der Waals surface area (Å²) in [4.78, 5) is 14.7. The average molecular weight is 284 g/mol. The molecule has 0 spiro atoms. The number of carbonyl (C=O) groups is 1. The van der Waals surface area contributed by atoms with Crippen molar-refractivity contribution in [2.45, 2.75) is 91.9 Å². The van der Waals surface area contributed by atoms with E-state index < -0.39 is 0 Å². The molecule has 0 aliphatic heterocycles. The Morgan fingerprint density at radius 3 is 1.85 bits per heavy atom. The summed E-state index contributed by atoms with van der Waals surface area (Å²) < 4.78 is 0. The van der Waals surface area contributed by atoms with E-state index in [0.29, 0.717) is 5.91 Å². The van der Waals surface area contributed by atoms with Crippen LogP contribution >= 0.6 is 0 Å². The Balaban J connectivity index is 4.21. The van der Waals surface area contributed by atoms with Gasteiger partial charge in [-0.3, -0.25) is 4.79 Å². The Hall–Kier alpha value is -0.530. The maximum absolute atomic E-state index is 12.5. The van der Waals surface area contributed by atoms with Crippen molar-refractivity contribution in [2.24, 2.45) is 5.92 Å². The van der Waals surface area contributed by atoms with Crippen LogP contribution < -0.4 is 0 Å². The first-order valence-corrected chi connectivity index (χ1v) is 8.96. The van der Waals surface area contributed by atoms with Crippen LogP contribution in [0.4, 0.5) is 0 Å². The van der Waals surface area contributed by atoms with E-state index in [1.165, 1.54) is 51.4 Å². The van der Waals surface area contributed by atoms with Gasteiger partial charge in [-0.05, 0) is 19.3 Å². The molecule has 0 N–H and O–H groups in total. The summed E-state index contributed by atoms with van der Waals surface area (Å²) in [6.07, 6.45) is 12.0. The van der Waals surface area contributed by atoms with Gasteiger partial charge in [-0.2, -0.15) is 0 Å². The molecule has 0 aliphatic carbocycles. The molecule has 0 saturated heterocycles. The Labute approximate surface area is 127 Å². The maximum Gasteiger partial charge on any atom is 0.225 e. The first kappa shape index (κ1) is 19.5. The minimum absolute atomic E-state index is 0.211. The first-order chi connectivity index (χ1) is 9.67. The van der Waals surface area contributed by atoms with Crippen LogP contribution in [0, 0.1) is 5.92 Å². The van der Waals surface area contributed by atoms with Gasteiger partial charge in [0.15, 0.2) is 0 Å². The maximum atomic E-state index is 12.5. The molecule has 1 amide bonds. The Morgan fingerprint density at radius 2 is 1.30 bits per heavy atom. The second-order valence-electron chi connectivity index (χ2n) is 6.14. The summed E-state index contributed by atoms with van der Waals surface area (Å²) in [5.74, 6) is 0.605. The molecule has 0 heterocycles. The van der Waals surface area contributed by atoms with Gasteiger partial charge in [-0.1, -0.05) is 72.6 Å². The van der Waals surface area contributed by atoms with Gasteiger partial charge in [0.05, 0.1) is 0 Å². The normalized spacial score (nSPS) is 12.4. The molecule has 0 aromatic carbocycles. The van der Waals surface area contributed by atoms with E-state index in [0.717, 1.165) is 25.9 Å². The smallest absolute Gasteiger partial charge is 0.225 e. The van der Waals surface area contributed by atoms with Crippen LogP contribution in [-0.2, 0) is 4.79 Å². The van der Waals surface area contributed by atoms with Gasteiger partial charge in [0.25, 0.3) is 0 Å². The summed E-state index contributed by atoms with van der Waals surface area (Å²) in [6, 6.07) is 0. The van der Waals surface area contributed by atoms with Crippen molar-refractivity contribution < 1.29 is 4.79 Å². The lowest BCUT2D eigenvalue weighted by Gasteiger charge is -2.26. The summed E-state index contributed by atoms with van der Waals surface area (Å²) in [5.41, 5.74) is 0. The Kier molecular flexibility index (Phi) is 13.1. The lowest BCUT2D eigenvalue weighted by Crippen LogP contribution is -2.36. The van der Waals surface area contributed by atoms with E-state index in [9.17, 15) is 4.79 Å². The predicted octanol–water partition coefficient (Wildman–Crippen LogP) is 5.41. The van der Waals surface area contributed by atoms with Crippen LogP contribution in [0.15, 0.2) is 0 Å². The van der Waals surface area contributed by atoms with Crippen molar-refractivity contribution in [3.63, 3.8) is 0 Å². The van der Waals surface area contributed by atoms with Gasteiger partial charge in [-0.15, -0.1) is 0 Å². The van der Waals surface area contributed by atoms with E-state index in [1.807, 2.05) is 0 Å². The topological polar surface area (TPSA) is 20.3 Å². The zero-order valence-electron chi connectivity index (χ0n) is 14.4. The summed E-state index contributed by atoms with van der Waals surface area (Å²) in [5, 5.41) is 0. The second kappa shape index (κ2) is 13.5. The number of unbranched alkanes of at least 4 members (excludes halogenated alkanes) is 6. The summed E-state index contributed by atoms with van der Waals surface area (Å²) in [6.45, 7) is 10.7. The third-order valence-electron chi connectivity index (χ3n) is 4.04. The van der Waals surface area contributed by atoms with E-state index in [2.05, 4.69) is 32.6 Å². The molecule has 2 nitrogen and oxygen atoms in total. The molecule has 0 bridgehead atoms. The molecule has 0 rings (SSSR count). The van der Waals surface area contributed by atoms with Crippen LogP contribution in [-0.4, -0.2) is 23.9 Å². The van der Waals surface area contributed by atoms with Crippen LogP contribution in [0.1, 0.15) is 91.9 Å². The molecule has 1 atom stereocenters. The van der Waals surface area contributed by atoms with Crippen molar-refractivity contribution in [3.05, 3.63) is 0 Å². The van der Waals surface area contributed by atoms with Crippen LogP contribution in [0.3, 0.4) is 0 Å². The van der Waals surface area contributed by atoms with E-state index in [4.69, 9.17) is 0 Å². The van der Waals surface area contributed by atoms with Gasteiger partial charge >= 0.3 is 0 Å². The van der Waals surface area contributed by atoms with Gasteiger partial charge < -0.3 is 4.90 Å². The van der Waals surface area contributed by atoms with Crippen molar-refractivity contribution in [2.75, 3.05) is 13.1 Å². The van der Waals surface area contributed by atoms with E-state index in [-0.39, 0.29) is 5.92 Å². The number of rotatable bonds is 13. The molecule has 0 saturated carbocycles. The van der Waals surface area contributed by atoms with Crippen molar-refractivity contribution in [3.8, 4) is 0 Å². The highest BCUT2D eigenvalue weighted by Crippen LogP contribution is 2.14. The minimum atomic E-state index is 0.211. The van der Waals surface area contributed by atoms with Gasteiger partial charge in [0.1, 0.15) is 0 Å². The molecule has 120 valence electrons. The largest absolute Gasteiger partial charge is 0.342 e. The van der Waals surface area contributed by atoms with Crippen molar-refractivity contribution >= 4 is 5.91 Å². The molecule has 0 fully saturated rings. The van der Waals surface area contributed by atoms with Gasteiger partial charge in [0, 0.05) is 19.0 Å². The molecule has 20 heavy (non-hydrogen) atoms. The Morgan fingerprint density at radius 1 is 0.800 bits per heavy atom. The van der Waals surface area contributed by atoms with Crippen molar-refractivity contribution in [1.82, 2.24) is 4.90 Å². The lowest BCUT2D eigenvalue weighted by atomic mass is 10.0. The predicted molar refractivity (Wildman–Crippen MR) is 88.9 cm³/mol. The molecule has 2 heteroatoms. The third-order valence-corrected chi connectivity index (χ3v) is 4.04. The summed E-state index contributed by atoms with van der Waals surface area (Å²) >= 11 is 0. The standard InChI is InChI=1S/C18H37NO/c1-5-8-11-13-16-19(15-12-9-6-2)18(20)17(4)14-10-7-3/h17H,5-16H2,1-4H3. The monoisotopic (exact) mass is 283 g/mol. The van der Waals surface area contributed by atoms with E-state index >= 15 is 0 Å². The molecule has 1 unspecified atom stereocenters. The summed E-state index contributed by atoms with van der Waals surface area (Å²) in [7, 11) is 0. The van der Waals surface area contributed by atoms with Crippen LogP contribution in [0.25, 0.3) is 0 Å². The fourth-order valence-electron chi connectivity index (χ4n) is 2.56. The Bertz CT molecular complexity index is 227. The SMILES string of the molecule is CCCCCCN(CCCCC)C(=O)C(C)CCCC. The third kappa shape index (κ3) is 9.39. The molecule has 0 aromatic rings. The quantitative estimate of drug-likeness (QED) is 0.414. The lowest BCUT2D eigenvalue weighted by molar-refractivity contribution is -0.135. The molecular weight excluding hydrogens is 246 g/mol. The molecule has 0 aromatic heterocycles. The van der Waals surface area contributed by atoms with Gasteiger partial charge in [0.2, 0.25) is 5.91 Å². The van der Waals surface area contributed by atoms with Crippen molar-refractivity contribution in [1.29, 1.82) is 0 Å². The number of nitrogens with zero attached hydrogens (tertiary/aromatic N) is 1. The average Bonchev–Trinajstić information content (AvgIpc) is 2.46. The van der Waals surface area contributed by atoms with E-state index in [1.54, 1.807) is 0 Å². The zero-order valence-corrected chi connectivity index (χ0v) is 14.4. The number of hydrogen-bond donors (Lipinski definition) is 0. The number of amides is 1. The fraction of sp³-hybridized carbons (Fsp3) is 0.944. The first-order valence-electron chi connectivity index (χ1n) is 8.96. The molecule has 0 radical (unpaired) electrons. The highest BCUT2D eigenvalue weighted by Gasteiger charge is 2.19. The van der Waals surface area contributed by atoms with Crippen LogP contribution in [0.5, 0.6) is 0 Å². The van der Waals surface area contributed by atoms with Gasteiger partial charge in [-0.25, -0.2) is 0 Å². The molecular formula is C18H37NO. The minimum Gasteiger partial charge on any atom is -0.342 e. The number of hydrogen-bond acceptors (Lipinski definition) is 1. The zero-order chi connectivity index (χ0) is 15.2. The van der Waals surface area contributed by atoms with Crippen LogP contribution in [0.2, 0.25) is 0 Å². The highest BCUT2D eigenvalue weighted by molar-refractivity contribution is 5.78. The molecule has 0 aliphatic rings.